The lowest BCUT2D eigenvalue weighted by atomic mass is 10.1. The Kier molecular flexibility index (Phi) is 3.87. The fourth-order valence-corrected chi connectivity index (χ4v) is 2.25. The molecule has 18 heavy (non-hydrogen) atoms. The first-order valence-corrected chi connectivity index (χ1v) is 6.23. The van der Waals surface area contributed by atoms with Crippen molar-refractivity contribution in [2.24, 2.45) is 0 Å². The first-order chi connectivity index (χ1) is 8.56. The van der Waals surface area contributed by atoms with E-state index in [0.717, 1.165) is 5.56 Å². The summed E-state index contributed by atoms with van der Waals surface area (Å²) in [4.78, 5) is 25.1. The third kappa shape index (κ3) is 3.01. The molecule has 1 N–H and O–H groups in total. The molecule has 1 fully saturated rings. The average molecular weight is 267 g/mol. The van der Waals surface area contributed by atoms with Gasteiger partial charge in [0, 0.05) is 18.6 Å². The van der Waals surface area contributed by atoms with Crippen LogP contribution in [0, 0.1) is 0 Å². The smallest absolute Gasteiger partial charge is 0.244 e. The summed E-state index contributed by atoms with van der Waals surface area (Å²) in [6.07, 6.45) is 0.921. The van der Waals surface area contributed by atoms with E-state index in [1.54, 1.807) is 30.1 Å². The van der Waals surface area contributed by atoms with Crippen LogP contribution in [0.25, 0.3) is 0 Å². The lowest BCUT2D eigenvalue weighted by Gasteiger charge is -2.12. The Balaban J connectivity index is 1.91. The topological polar surface area (TPSA) is 49.4 Å². The maximum Gasteiger partial charge on any atom is 0.244 e. The lowest BCUT2D eigenvalue weighted by molar-refractivity contribution is -0.131. The van der Waals surface area contributed by atoms with E-state index in [-0.39, 0.29) is 24.3 Å². The van der Waals surface area contributed by atoms with Gasteiger partial charge in [-0.25, -0.2) is 0 Å². The molecule has 1 aromatic carbocycles. The number of carbonyl (C=O) groups is 2. The molecule has 0 saturated carbocycles. The second-order valence-electron chi connectivity index (χ2n) is 4.48. The minimum atomic E-state index is -0.373. The Morgan fingerprint density at radius 1 is 1.56 bits per heavy atom. The van der Waals surface area contributed by atoms with Gasteiger partial charge in [0.1, 0.15) is 6.04 Å². The molecule has 0 aromatic heterocycles. The zero-order chi connectivity index (χ0) is 13.1. The minimum Gasteiger partial charge on any atom is -0.344 e. The van der Waals surface area contributed by atoms with Gasteiger partial charge in [-0.1, -0.05) is 23.7 Å². The van der Waals surface area contributed by atoms with Gasteiger partial charge in [0.05, 0.1) is 6.42 Å². The second-order valence-corrected chi connectivity index (χ2v) is 4.91. The van der Waals surface area contributed by atoms with Gasteiger partial charge >= 0.3 is 0 Å². The maximum atomic E-state index is 11.8. The first kappa shape index (κ1) is 12.9. The second kappa shape index (κ2) is 5.40. The zero-order valence-corrected chi connectivity index (χ0v) is 10.9. The van der Waals surface area contributed by atoms with Gasteiger partial charge < -0.3 is 10.2 Å². The summed E-state index contributed by atoms with van der Waals surface area (Å²) < 4.78 is 0. The van der Waals surface area contributed by atoms with Gasteiger partial charge in [-0.2, -0.15) is 0 Å². The standard InChI is InChI=1S/C13H15ClN2O2/c1-16-6-5-11(13(16)18)15-12(17)8-9-3-2-4-10(14)7-9/h2-4,7,11H,5-6,8H2,1H3,(H,15,17)/t11-/m1/s1. The van der Waals surface area contributed by atoms with Crippen LogP contribution in [-0.4, -0.2) is 36.3 Å². The highest BCUT2D eigenvalue weighted by Gasteiger charge is 2.29. The minimum absolute atomic E-state index is 0.0190. The predicted molar refractivity (Wildman–Crippen MR) is 69.3 cm³/mol. The highest BCUT2D eigenvalue weighted by Crippen LogP contribution is 2.12. The summed E-state index contributed by atoms with van der Waals surface area (Å²) in [6, 6.07) is 6.79. The molecular weight excluding hydrogens is 252 g/mol. The maximum absolute atomic E-state index is 11.8. The van der Waals surface area contributed by atoms with E-state index >= 15 is 0 Å². The van der Waals surface area contributed by atoms with Crippen molar-refractivity contribution in [2.75, 3.05) is 13.6 Å². The molecule has 0 radical (unpaired) electrons. The molecule has 0 spiro atoms. The van der Waals surface area contributed by atoms with Crippen molar-refractivity contribution >= 4 is 23.4 Å². The molecule has 0 aliphatic carbocycles. The molecule has 2 amide bonds. The monoisotopic (exact) mass is 266 g/mol. The number of nitrogens with one attached hydrogen (secondary N) is 1. The van der Waals surface area contributed by atoms with Gasteiger partial charge in [-0.3, -0.25) is 9.59 Å². The van der Waals surface area contributed by atoms with Crippen LogP contribution >= 0.6 is 11.6 Å². The van der Waals surface area contributed by atoms with E-state index in [0.29, 0.717) is 18.0 Å². The van der Waals surface area contributed by atoms with E-state index in [9.17, 15) is 9.59 Å². The number of hydrogen-bond acceptors (Lipinski definition) is 2. The van der Waals surface area contributed by atoms with Crippen molar-refractivity contribution in [3.8, 4) is 0 Å². The van der Waals surface area contributed by atoms with E-state index in [2.05, 4.69) is 5.32 Å². The molecule has 0 bridgehead atoms. The zero-order valence-electron chi connectivity index (χ0n) is 10.1. The van der Waals surface area contributed by atoms with Crippen LogP contribution in [0.2, 0.25) is 5.02 Å². The van der Waals surface area contributed by atoms with Gasteiger partial charge in [-0.15, -0.1) is 0 Å². The molecule has 4 nitrogen and oxygen atoms in total. The Bertz CT molecular complexity index is 476. The molecule has 1 heterocycles. The Labute approximate surface area is 111 Å². The average Bonchev–Trinajstić information content (AvgIpc) is 2.61. The van der Waals surface area contributed by atoms with E-state index in [1.165, 1.54) is 0 Å². The normalized spacial score (nSPS) is 19.1. The summed E-state index contributed by atoms with van der Waals surface area (Å²) in [6.45, 7) is 0.695. The molecular formula is C13H15ClN2O2. The van der Waals surface area contributed by atoms with E-state index in [1.807, 2.05) is 6.07 Å². The van der Waals surface area contributed by atoms with Crippen molar-refractivity contribution in [3.05, 3.63) is 34.9 Å². The summed E-state index contributed by atoms with van der Waals surface area (Å²) >= 11 is 5.85. The number of likely N-dealkylation sites (N-methyl/N-ethyl adjacent to an activating group) is 1. The summed E-state index contributed by atoms with van der Waals surface area (Å²) in [5, 5.41) is 3.36. The lowest BCUT2D eigenvalue weighted by Crippen LogP contribution is -2.41. The third-order valence-corrected chi connectivity index (χ3v) is 3.25. The van der Waals surface area contributed by atoms with Crippen LogP contribution in [0.1, 0.15) is 12.0 Å². The highest BCUT2D eigenvalue weighted by molar-refractivity contribution is 6.30. The molecule has 2 rings (SSSR count). The molecule has 0 unspecified atom stereocenters. The molecule has 1 aromatic rings. The molecule has 5 heteroatoms. The van der Waals surface area contributed by atoms with Crippen LogP contribution in [0.15, 0.2) is 24.3 Å². The molecule has 1 atom stereocenters. The number of amides is 2. The number of nitrogens with zero attached hydrogens (tertiary/aromatic N) is 1. The fourth-order valence-electron chi connectivity index (χ4n) is 2.03. The van der Waals surface area contributed by atoms with Crippen LogP contribution < -0.4 is 5.32 Å². The van der Waals surface area contributed by atoms with Crippen LogP contribution in [0.5, 0.6) is 0 Å². The summed E-state index contributed by atoms with van der Waals surface area (Å²) in [5.41, 5.74) is 0.846. The Hall–Kier alpha value is -1.55. The Morgan fingerprint density at radius 2 is 2.33 bits per heavy atom. The molecule has 1 aliphatic rings. The van der Waals surface area contributed by atoms with Crippen molar-refractivity contribution in [1.82, 2.24) is 10.2 Å². The molecule has 1 saturated heterocycles. The van der Waals surface area contributed by atoms with Crippen LogP contribution in [0.3, 0.4) is 0 Å². The predicted octanol–water partition coefficient (Wildman–Crippen LogP) is 1.23. The number of benzene rings is 1. The van der Waals surface area contributed by atoms with Crippen molar-refractivity contribution in [3.63, 3.8) is 0 Å². The number of halogens is 1. The summed E-state index contributed by atoms with van der Waals surface area (Å²) in [7, 11) is 1.74. The number of carbonyl (C=O) groups excluding carboxylic acids is 2. The SMILES string of the molecule is CN1CC[C@@H](NC(=O)Cc2cccc(Cl)c2)C1=O. The third-order valence-electron chi connectivity index (χ3n) is 3.02. The van der Waals surface area contributed by atoms with Crippen LogP contribution in [-0.2, 0) is 16.0 Å². The molecule has 1 aliphatic heterocycles. The number of hydrogen-bond donors (Lipinski definition) is 1. The van der Waals surface area contributed by atoms with Gasteiger partial charge in [0.2, 0.25) is 11.8 Å². The van der Waals surface area contributed by atoms with Crippen LogP contribution in [0.4, 0.5) is 0 Å². The largest absolute Gasteiger partial charge is 0.344 e. The van der Waals surface area contributed by atoms with Crippen molar-refractivity contribution < 1.29 is 9.59 Å². The summed E-state index contributed by atoms with van der Waals surface area (Å²) in [5.74, 6) is -0.166. The van der Waals surface area contributed by atoms with E-state index < -0.39 is 0 Å². The van der Waals surface area contributed by atoms with E-state index in [4.69, 9.17) is 11.6 Å². The quantitative estimate of drug-likeness (QED) is 0.895. The molecule has 96 valence electrons. The van der Waals surface area contributed by atoms with Gasteiger partial charge in [-0.05, 0) is 24.1 Å². The Morgan fingerprint density at radius 3 is 2.94 bits per heavy atom. The number of likely N-dealkylation sites (tertiary alicyclic amines) is 1. The van der Waals surface area contributed by atoms with Gasteiger partial charge in [0.25, 0.3) is 0 Å². The van der Waals surface area contributed by atoms with Gasteiger partial charge in [0.15, 0.2) is 0 Å². The van der Waals surface area contributed by atoms with Crippen molar-refractivity contribution in [1.29, 1.82) is 0 Å². The highest BCUT2D eigenvalue weighted by atomic mass is 35.5. The fraction of sp³-hybridized carbons (Fsp3) is 0.385. The first-order valence-electron chi connectivity index (χ1n) is 5.85. The number of rotatable bonds is 3. The van der Waals surface area contributed by atoms with Crippen molar-refractivity contribution in [2.45, 2.75) is 18.9 Å².